The molecule has 0 aliphatic rings. The van der Waals surface area contributed by atoms with Crippen LogP contribution in [0.1, 0.15) is 46.0 Å². The molecule has 8 nitrogen and oxygen atoms in total. The fourth-order valence-corrected chi connectivity index (χ4v) is 5.37. The summed E-state index contributed by atoms with van der Waals surface area (Å²) in [5.41, 5.74) is 3.46. The molecular formula is C32H36N4O4. The van der Waals surface area contributed by atoms with Crippen LogP contribution < -0.4 is 14.2 Å². The molecule has 0 saturated heterocycles. The zero-order valence-electron chi connectivity index (χ0n) is 24.1. The van der Waals surface area contributed by atoms with Crippen LogP contribution in [0.4, 0.5) is 0 Å². The number of nitrogens with zero attached hydrogens (tertiary/aromatic N) is 4. The summed E-state index contributed by atoms with van der Waals surface area (Å²) in [6, 6.07) is 19.0. The van der Waals surface area contributed by atoms with Crippen LogP contribution in [0, 0.1) is 25.2 Å². The minimum atomic E-state index is -1.45. The highest BCUT2D eigenvalue weighted by Gasteiger charge is 2.44. The summed E-state index contributed by atoms with van der Waals surface area (Å²) in [4.78, 5) is 11.4. The highest BCUT2D eigenvalue weighted by atomic mass is 16.5. The average Bonchev–Trinajstić information content (AvgIpc) is 2.94. The number of nitriles is 1. The van der Waals surface area contributed by atoms with Gasteiger partial charge in [-0.2, -0.15) is 5.26 Å². The lowest BCUT2D eigenvalue weighted by Gasteiger charge is -2.39. The summed E-state index contributed by atoms with van der Waals surface area (Å²) in [5.74, 6) is 0.726. The highest BCUT2D eigenvalue weighted by molar-refractivity contribution is 5.82. The third kappa shape index (κ3) is 5.57. The van der Waals surface area contributed by atoms with Gasteiger partial charge in [0.2, 0.25) is 5.88 Å². The number of rotatable bonds is 10. The van der Waals surface area contributed by atoms with E-state index in [-0.39, 0.29) is 0 Å². The van der Waals surface area contributed by atoms with E-state index in [2.05, 4.69) is 11.1 Å². The Kier molecular flexibility index (Phi) is 8.58. The smallest absolute Gasteiger partial charge is 0.217 e. The number of methoxy groups -OCH3 is 3. The van der Waals surface area contributed by atoms with Gasteiger partial charge in [0.15, 0.2) is 11.5 Å². The molecular weight excluding hydrogens is 504 g/mol. The highest BCUT2D eigenvalue weighted by Crippen LogP contribution is 2.51. The van der Waals surface area contributed by atoms with E-state index in [4.69, 9.17) is 19.2 Å². The lowest BCUT2D eigenvalue weighted by atomic mass is 9.71. The molecule has 2 atom stereocenters. The Labute approximate surface area is 235 Å². The Morgan fingerprint density at radius 1 is 0.925 bits per heavy atom. The summed E-state index contributed by atoms with van der Waals surface area (Å²) in [6.07, 6.45) is 0.382. The lowest BCUT2D eigenvalue weighted by Crippen LogP contribution is -2.38. The molecule has 0 amide bonds. The molecule has 1 N–H and O–H groups in total. The zero-order valence-corrected chi connectivity index (χ0v) is 24.1. The molecule has 0 bridgehead atoms. The number of aromatic nitrogens is 2. The number of ether oxygens (including phenoxy) is 3. The Bertz CT molecular complexity index is 1540. The van der Waals surface area contributed by atoms with Crippen molar-refractivity contribution in [1.29, 1.82) is 5.26 Å². The lowest BCUT2D eigenvalue weighted by molar-refractivity contribution is 0.00297. The first-order valence-corrected chi connectivity index (χ1v) is 13.1. The summed E-state index contributed by atoms with van der Waals surface area (Å²) in [5, 5.41) is 23.4. The molecule has 0 aliphatic carbocycles. The number of hydrogen-bond donors (Lipinski definition) is 1. The van der Waals surface area contributed by atoms with Crippen molar-refractivity contribution in [2.45, 2.75) is 31.8 Å². The summed E-state index contributed by atoms with van der Waals surface area (Å²) in [6.45, 7) is 4.44. The normalized spacial score (nSPS) is 13.5. The number of hydrogen-bond acceptors (Lipinski definition) is 8. The fraction of sp³-hybridized carbons (Fsp3) is 0.344. The van der Waals surface area contributed by atoms with Crippen LogP contribution >= 0.6 is 0 Å². The number of aryl methyl sites for hydroxylation is 2. The summed E-state index contributed by atoms with van der Waals surface area (Å²) >= 11 is 0. The van der Waals surface area contributed by atoms with Gasteiger partial charge in [0.1, 0.15) is 5.60 Å². The molecule has 0 saturated carbocycles. The van der Waals surface area contributed by atoms with E-state index in [1.807, 2.05) is 69.2 Å². The maximum atomic E-state index is 13.0. The first kappa shape index (κ1) is 28.8. The Balaban J connectivity index is 2.14. The van der Waals surface area contributed by atoms with Crippen LogP contribution in [0.25, 0.3) is 10.9 Å². The third-order valence-corrected chi connectivity index (χ3v) is 7.18. The van der Waals surface area contributed by atoms with Gasteiger partial charge in [-0.15, -0.1) is 0 Å². The maximum absolute atomic E-state index is 13.0. The van der Waals surface area contributed by atoms with Crippen molar-refractivity contribution in [3.8, 4) is 23.4 Å². The van der Waals surface area contributed by atoms with Crippen molar-refractivity contribution < 1.29 is 19.3 Å². The summed E-state index contributed by atoms with van der Waals surface area (Å²) < 4.78 is 17.4. The first-order valence-electron chi connectivity index (χ1n) is 13.1. The standard InChI is InChI=1S/C32H36N4O4/c1-20-15-24(16-21(2)34-20)32(37,13-14-36(3)4)29(25-9-8-10-28(38-5)30(25)39-6)26-18-23-17-22(19-33)11-12-27(23)35-31(26)40-7/h8-12,15-18,29,37H,13-14H2,1-7H3/t29-,32-/m1/s1. The second-order valence-corrected chi connectivity index (χ2v) is 10.2. The van der Waals surface area contributed by atoms with Crippen LogP contribution in [0.5, 0.6) is 17.4 Å². The van der Waals surface area contributed by atoms with Crippen molar-refractivity contribution >= 4 is 10.9 Å². The van der Waals surface area contributed by atoms with E-state index in [1.165, 1.54) is 0 Å². The number of fused-ring (bicyclic) bond motifs is 1. The van der Waals surface area contributed by atoms with Crippen LogP contribution in [-0.4, -0.2) is 61.9 Å². The Morgan fingerprint density at radius 3 is 2.25 bits per heavy atom. The molecule has 0 aliphatic heterocycles. The topological polar surface area (TPSA) is 101 Å². The molecule has 0 fully saturated rings. The molecule has 8 heteroatoms. The molecule has 0 unspecified atom stereocenters. The SMILES string of the molecule is COc1cccc([C@H](c2cc3cc(C#N)ccc3nc2OC)[C@@](O)(CCN(C)C)c2cc(C)nc(C)c2)c1OC. The van der Waals surface area contributed by atoms with Gasteiger partial charge in [0, 0.05) is 34.4 Å². The van der Waals surface area contributed by atoms with E-state index < -0.39 is 11.5 Å². The molecule has 4 aromatic rings. The van der Waals surface area contributed by atoms with Gasteiger partial charge in [0.25, 0.3) is 0 Å². The average molecular weight is 541 g/mol. The zero-order chi connectivity index (χ0) is 29.0. The molecule has 208 valence electrons. The molecule has 0 radical (unpaired) electrons. The molecule has 2 aromatic heterocycles. The van der Waals surface area contributed by atoms with Crippen LogP contribution in [-0.2, 0) is 5.60 Å². The Morgan fingerprint density at radius 2 is 1.65 bits per heavy atom. The molecule has 2 aromatic carbocycles. The maximum Gasteiger partial charge on any atom is 0.217 e. The van der Waals surface area contributed by atoms with E-state index in [0.29, 0.717) is 52.6 Å². The van der Waals surface area contributed by atoms with Crippen LogP contribution in [0.15, 0.2) is 54.6 Å². The Hall–Kier alpha value is -4.19. The van der Waals surface area contributed by atoms with E-state index in [1.54, 1.807) is 39.5 Å². The number of benzene rings is 2. The molecule has 0 spiro atoms. The van der Waals surface area contributed by atoms with Crippen molar-refractivity contribution in [3.63, 3.8) is 0 Å². The van der Waals surface area contributed by atoms with Gasteiger partial charge < -0.3 is 24.2 Å². The predicted molar refractivity (Wildman–Crippen MR) is 155 cm³/mol. The minimum absolute atomic E-state index is 0.373. The van der Waals surface area contributed by atoms with Crippen molar-refractivity contribution in [1.82, 2.24) is 14.9 Å². The largest absolute Gasteiger partial charge is 0.493 e. The van der Waals surface area contributed by atoms with E-state index in [9.17, 15) is 10.4 Å². The predicted octanol–water partition coefficient (Wildman–Crippen LogP) is 5.12. The second-order valence-electron chi connectivity index (χ2n) is 10.2. The van der Waals surface area contributed by atoms with Gasteiger partial charge in [-0.25, -0.2) is 4.98 Å². The van der Waals surface area contributed by atoms with Crippen molar-refractivity contribution in [2.24, 2.45) is 0 Å². The number of aliphatic hydroxyl groups is 1. The van der Waals surface area contributed by atoms with E-state index in [0.717, 1.165) is 22.3 Å². The van der Waals surface area contributed by atoms with Gasteiger partial charge >= 0.3 is 0 Å². The first-order chi connectivity index (χ1) is 19.1. The fourth-order valence-electron chi connectivity index (χ4n) is 5.37. The quantitative estimate of drug-likeness (QED) is 0.296. The van der Waals surface area contributed by atoms with Gasteiger partial charge in [-0.1, -0.05) is 12.1 Å². The van der Waals surface area contributed by atoms with Gasteiger partial charge in [0.05, 0.1) is 44.4 Å². The van der Waals surface area contributed by atoms with Crippen molar-refractivity contribution in [2.75, 3.05) is 42.0 Å². The number of pyridine rings is 2. The van der Waals surface area contributed by atoms with E-state index >= 15 is 0 Å². The van der Waals surface area contributed by atoms with Crippen LogP contribution in [0.2, 0.25) is 0 Å². The number of para-hydroxylation sites is 1. The van der Waals surface area contributed by atoms with Gasteiger partial charge in [-0.3, -0.25) is 4.98 Å². The third-order valence-electron chi connectivity index (χ3n) is 7.18. The van der Waals surface area contributed by atoms with Crippen LogP contribution in [0.3, 0.4) is 0 Å². The monoisotopic (exact) mass is 540 g/mol. The molecule has 40 heavy (non-hydrogen) atoms. The second kappa shape index (κ2) is 11.9. The summed E-state index contributed by atoms with van der Waals surface area (Å²) in [7, 11) is 8.71. The molecule has 4 rings (SSSR count). The minimum Gasteiger partial charge on any atom is -0.493 e. The van der Waals surface area contributed by atoms with Crippen molar-refractivity contribution in [3.05, 3.63) is 88.2 Å². The molecule has 2 heterocycles. The van der Waals surface area contributed by atoms with Gasteiger partial charge in [-0.05, 0) is 82.4 Å².